The first kappa shape index (κ1) is 15.9. The van der Waals surface area contributed by atoms with E-state index < -0.39 is 10.2 Å². The van der Waals surface area contributed by atoms with Gasteiger partial charge in [-0.2, -0.15) is 17.4 Å². The van der Waals surface area contributed by atoms with Gasteiger partial charge in [-0.3, -0.25) is 0 Å². The fourth-order valence-electron chi connectivity index (χ4n) is 2.55. The van der Waals surface area contributed by atoms with Crippen molar-refractivity contribution in [2.45, 2.75) is 26.8 Å². The maximum Gasteiger partial charge on any atom is 0.279 e. The van der Waals surface area contributed by atoms with Crippen LogP contribution in [0.3, 0.4) is 0 Å². The van der Waals surface area contributed by atoms with Crippen molar-refractivity contribution in [2.75, 3.05) is 13.1 Å². The lowest BCUT2D eigenvalue weighted by molar-refractivity contribution is 0.429. The third-order valence-corrected chi connectivity index (χ3v) is 5.51. The first-order valence-corrected chi connectivity index (χ1v) is 8.68. The Kier molecular flexibility index (Phi) is 4.98. The van der Waals surface area contributed by atoms with Crippen LogP contribution < -0.4 is 4.72 Å². The van der Waals surface area contributed by atoms with Crippen molar-refractivity contribution in [3.63, 3.8) is 0 Å². The molecule has 1 atom stereocenters. The van der Waals surface area contributed by atoms with Crippen molar-refractivity contribution in [2.24, 2.45) is 0 Å². The smallest absolute Gasteiger partial charge is 0.195 e. The maximum atomic E-state index is 12.3. The lowest BCUT2D eigenvalue weighted by Crippen LogP contribution is -2.41. The monoisotopic (exact) mass is 306 g/mol. The zero-order valence-corrected chi connectivity index (χ0v) is 13.5. The van der Waals surface area contributed by atoms with Crippen molar-refractivity contribution < 1.29 is 8.42 Å². The standard InChI is InChI=1S/C16H22N2O2S/c1-4-18(5-2)21(19,20)17-13(3)15-12-8-10-14-9-6-7-11-16(14)15/h6-13,17H,4-5H2,1-3H3/t13-/m0/s1. The minimum Gasteiger partial charge on any atom is -0.195 e. The predicted molar refractivity (Wildman–Crippen MR) is 87.3 cm³/mol. The van der Waals surface area contributed by atoms with Crippen LogP contribution in [0.2, 0.25) is 0 Å². The largest absolute Gasteiger partial charge is 0.279 e. The predicted octanol–water partition coefficient (Wildman–Crippen LogP) is 3.08. The highest BCUT2D eigenvalue weighted by atomic mass is 32.2. The highest BCUT2D eigenvalue weighted by Gasteiger charge is 2.22. The van der Waals surface area contributed by atoms with Crippen LogP contribution in [0.5, 0.6) is 0 Å². The third kappa shape index (κ3) is 3.43. The average molecular weight is 306 g/mol. The van der Waals surface area contributed by atoms with Gasteiger partial charge in [0.05, 0.1) is 0 Å². The molecule has 2 aromatic rings. The molecule has 0 bridgehead atoms. The molecule has 0 saturated carbocycles. The number of benzene rings is 2. The molecule has 5 heteroatoms. The molecule has 114 valence electrons. The lowest BCUT2D eigenvalue weighted by Gasteiger charge is -2.23. The number of hydrogen-bond donors (Lipinski definition) is 1. The van der Waals surface area contributed by atoms with Crippen molar-refractivity contribution in [1.29, 1.82) is 0 Å². The van der Waals surface area contributed by atoms with Gasteiger partial charge in [-0.25, -0.2) is 0 Å². The molecule has 0 unspecified atom stereocenters. The first-order valence-electron chi connectivity index (χ1n) is 7.24. The van der Waals surface area contributed by atoms with Crippen molar-refractivity contribution >= 4 is 21.0 Å². The number of hydrogen-bond acceptors (Lipinski definition) is 2. The van der Waals surface area contributed by atoms with Gasteiger partial charge in [0.2, 0.25) is 0 Å². The van der Waals surface area contributed by atoms with Crippen LogP contribution >= 0.6 is 0 Å². The van der Waals surface area contributed by atoms with Gasteiger partial charge in [-0.15, -0.1) is 0 Å². The van der Waals surface area contributed by atoms with Gasteiger partial charge in [0.15, 0.2) is 0 Å². The van der Waals surface area contributed by atoms with E-state index in [2.05, 4.69) is 4.72 Å². The quantitative estimate of drug-likeness (QED) is 0.891. The van der Waals surface area contributed by atoms with Gasteiger partial charge >= 0.3 is 0 Å². The number of fused-ring (bicyclic) bond motifs is 1. The van der Waals surface area contributed by atoms with E-state index in [4.69, 9.17) is 0 Å². The molecule has 2 rings (SSSR count). The fourth-order valence-corrected chi connectivity index (χ4v) is 3.96. The van der Waals surface area contributed by atoms with Gasteiger partial charge in [0.1, 0.15) is 0 Å². The summed E-state index contributed by atoms with van der Waals surface area (Å²) in [6.07, 6.45) is 0. The fraction of sp³-hybridized carbons (Fsp3) is 0.375. The Bertz CT molecular complexity index is 704. The van der Waals surface area contributed by atoms with E-state index in [-0.39, 0.29) is 6.04 Å². The SMILES string of the molecule is CCN(CC)S(=O)(=O)N[C@@H](C)c1cccc2ccccc12. The van der Waals surface area contributed by atoms with E-state index in [0.29, 0.717) is 13.1 Å². The summed E-state index contributed by atoms with van der Waals surface area (Å²) in [6, 6.07) is 13.7. The van der Waals surface area contributed by atoms with Gasteiger partial charge < -0.3 is 0 Å². The summed E-state index contributed by atoms with van der Waals surface area (Å²) in [5.74, 6) is 0. The summed E-state index contributed by atoms with van der Waals surface area (Å²) < 4.78 is 28.8. The van der Waals surface area contributed by atoms with Crippen LogP contribution in [0.1, 0.15) is 32.4 Å². The summed E-state index contributed by atoms with van der Waals surface area (Å²) in [7, 11) is -3.46. The summed E-state index contributed by atoms with van der Waals surface area (Å²) in [4.78, 5) is 0. The van der Waals surface area contributed by atoms with Crippen LogP contribution in [-0.2, 0) is 10.2 Å². The minimum absolute atomic E-state index is 0.276. The van der Waals surface area contributed by atoms with Gasteiger partial charge in [0.25, 0.3) is 10.2 Å². The van der Waals surface area contributed by atoms with E-state index in [9.17, 15) is 8.42 Å². The lowest BCUT2D eigenvalue weighted by atomic mass is 10.0. The van der Waals surface area contributed by atoms with Crippen molar-refractivity contribution in [3.8, 4) is 0 Å². The molecule has 0 saturated heterocycles. The molecular formula is C16H22N2O2S. The molecule has 21 heavy (non-hydrogen) atoms. The topological polar surface area (TPSA) is 49.4 Å². The Labute approximate surface area is 127 Å². The normalized spacial score (nSPS) is 13.7. The van der Waals surface area contributed by atoms with E-state index in [0.717, 1.165) is 16.3 Å². The number of nitrogens with one attached hydrogen (secondary N) is 1. The van der Waals surface area contributed by atoms with Crippen molar-refractivity contribution in [3.05, 3.63) is 48.0 Å². The van der Waals surface area contributed by atoms with Gasteiger partial charge in [0, 0.05) is 19.1 Å². The zero-order valence-electron chi connectivity index (χ0n) is 12.7. The Morgan fingerprint density at radius 3 is 2.33 bits per heavy atom. The molecule has 0 aliphatic carbocycles. The molecule has 0 spiro atoms. The third-order valence-electron chi connectivity index (χ3n) is 3.66. The Morgan fingerprint density at radius 1 is 1.05 bits per heavy atom. The zero-order chi connectivity index (χ0) is 15.5. The molecule has 0 aliphatic rings. The van der Waals surface area contributed by atoms with Gasteiger partial charge in [-0.05, 0) is 23.3 Å². The highest BCUT2D eigenvalue weighted by Crippen LogP contribution is 2.24. The summed E-state index contributed by atoms with van der Waals surface area (Å²) in [5.41, 5.74) is 0.990. The molecule has 0 amide bonds. The van der Waals surface area contributed by atoms with E-state index in [1.54, 1.807) is 0 Å². The maximum absolute atomic E-state index is 12.3. The van der Waals surface area contributed by atoms with Crippen LogP contribution in [0.15, 0.2) is 42.5 Å². The van der Waals surface area contributed by atoms with E-state index in [1.165, 1.54) is 4.31 Å². The molecule has 0 heterocycles. The van der Waals surface area contributed by atoms with Crippen molar-refractivity contribution in [1.82, 2.24) is 9.03 Å². The second-order valence-corrected chi connectivity index (χ2v) is 6.70. The van der Waals surface area contributed by atoms with E-state index in [1.807, 2.05) is 63.2 Å². The second kappa shape index (κ2) is 6.56. The number of nitrogens with zero attached hydrogens (tertiary/aromatic N) is 1. The first-order chi connectivity index (χ1) is 9.99. The molecule has 0 fully saturated rings. The summed E-state index contributed by atoms with van der Waals surface area (Å²) in [6.45, 7) is 6.49. The van der Waals surface area contributed by atoms with Crippen LogP contribution in [0, 0.1) is 0 Å². The molecule has 4 nitrogen and oxygen atoms in total. The molecule has 1 N–H and O–H groups in total. The van der Waals surface area contributed by atoms with Crippen LogP contribution in [0.25, 0.3) is 10.8 Å². The second-order valence-electron chi connectivity index (χ2n) is 5.00. The summed E-state index contributed by atoms with van der Waals surface area (Å²) >= 11 is 0. The minimum atomic E-state index is -3.46. The highest BCUT2D eigenvalue weighted by molar-refractivity contribution is 7.87. The Hall–Kier alpha value is -1.43. The number of rotatable bonds is 6. The molecular weight excluding hydrogens is 284 g/mol. The molecule has 0 aromatic heterocycles. The Morgan fingerprint density at radius 2 is 1.67 bits per heavy atom. The average Bonchev–Trinajstić information content (AvgIpc) is 2.47. The van der Waals surface area contributed by atoms with E-state index >= 15 is 0 Å². The summed E-state index contributed by atoms with van der Waals surface area (Å²) in [5, 5.41) is 2.19. The molecule has 0 aliphatic heterocycles. The van der Waals surface area contributed by atoms with Crippen LogP contribution in [-0.4, -0.2) is 25.8 Å². The van der Waals surface area contributed by atoms with Gasteiger partial charge in [-0.1, -0.05) is 56.3 Å². The molecule has 0 radical (unpaired) electrons. The molecule has 2 aromatic carbocycles. The van der Waals surface area contributed by atoms with Crippen LogP contribution in [0.4, 0.5) is 0 Å². The Balaban J connectivity index is 2.33.